The van der Waals surface area contributed by atoms with Gasteiger partial charge in [0.2, 0.25) is 0 Å². The van der Waals surface area contributed by atoms with Gasteiger partial charge in [-0.2, -0.15) is 0 Å². The molecular weight excluding hydrogens is 160 g/mol. The molecule has 0 N–H and O–H groups in total. The maximum atomic E-state index is 11.0. The van der Waals surface area contributed by atoms with Gasteiger partial charge in [0.25, 0.3) is 0 Å². The second-order valence-corrected chi connectivity index (χ2v) is 2.23. The maximum Gasteiger partial charge on any atom is 0.418 e. The Balaban J connectivity index is 3.89. The standard InChI is InChI=1S/C8H13O4/c1-3-5-7(12-6-9)8(10)11-4-2/h7H,3-5H2,1-2H3. The lowest BCUT2D eigenvalue weighted by molar-refractivity contribution is -0.152. The summed E-state index contributed by atoms with van der Waals surface area (Å²) >= 11 is 0. The molecule has 0 rings (SSSR count). The van der Waals surface area contributed by atoms with Crippen LogP contribution in [-0.4, -0.2) is 25.2 Å². The van der Waals surface area contributed by atoms with Gasteiger partial charge in [0, 0.05) is 0 Å². The molecule has 0 bridgehead atoms. The normalized spacial score (nSPS) is 11.8. The van der Waals surface area contributed by atoms with Gasteiger partial charge in [-0.25, -0.2) is 9.59 Å². The Morgan fingerprint density at radius 1 is 1.50 bits per heavy atom. The van der Waals surface area contributed by atoms with Gasteiger partial charge in [-0.05, 0) is 13.3 Å². The fourth-order valence-electron chi connectivity index (χ4n) is 0.780. The van der Waals surface area contributed by atoms with E-state index in [9.17, 15) is 9.59 Å². The predicted octanol–water partition coefficient (Wildman–Crippen LogP) is 0.802. The Morgan fingerprint density at radius 3 is 2.58 bits per heavy atom. The first-order valence-electron chi connectivity index (χ1n) is 3.95. The van der Waals surface area contributed by atoms with E-state index in [1.165, 1.54) is 6.47 Å². The fourth-order valence-corrected chi connectivity index (χ4v) is 0.780. The molecule has 0 saturated carbocycles. The van der Waals surface area contributed by atoms with Crippen LogP contribution in [0.5, 0.6) is 0 Å². The van der Waals surface area contributed by atoms with Gasteiger partial charge in [0.05, 0.1) is 6.61 Å². The maximum absolute atomic E-state index is 11.0. The van der Waals surface area contributed by atoms with Crippen molar-refractivity contribution in [2.75, 3.05) is 6.61 Å². The number of ether oxygens (including phenoxy) is 2. The van der Waals surface area contributed by atoms with Crippen LogP contribution in [0.4, 0.5) is 0 Å². The van der Waals surface area contributed by atoms with Gasteiger partial charge >= 0.3 is 12.4 Å². The molecule has 0 aromatic carbocycles. The topological polar surface area (TPSA) is 52.6 Å². The monoisotopic (exact) mass is 173 g/mol. The minimum atomic E-state index is -0.785. The quantitative estimate of drug-likeness (QED) is 0.557. The van der Waals surface area contributed by atoms with E-state index in [2.05, 4.69) is 9.47 Å². The Morgan fingerprint density at radius 2 is 2.17 bits per heavy atom. The first kappa shape index (κ1) is 10.9. The minimum absolute atomic E-state index is 0.293. The van der Waals surface area contributed by atoms with Crippen LogP contribution in [0.2, 0.25) is 0 Å². The molecule has 0 aliphatic heterocycles. The van der Waals surface area contributed by atoms with E-state index in [-0.39, 0.29) is 0 Å². The highest BCUT2D eigenvalue weighted by molar-refractivity contribution is 5.75. The summed E-state index contributed by atoms with van der Waals surface area (Å²) in [7, 11) is 0. The molecule has 0 heterocycles. The first-order chi connectivity index (χ1) is 5.76. The van der Waals surface area contributed by atoms with Crippen molar-refractivity contribution in [3.05, 3.63) is 0 Å². The van der Waals surface area contributed by atoms with Crippen LogP contribution in [0.25, 0.3) is 0 Å². The summed E-state index contributed by atoms with van der Waals surface area (Å²) in [5, 5.41) is 0. The van der Waals surface area contributed by atoms with Crippen molar-refractivity contribution in [1.82, 2.24) is 0 Å². The summed E-state index contributed by atoms with van der Waals surface area (Å²) in [6.07, 6.45) is 0.451. The Kier molecular flexibility index (Phi) is 6.05. The number of hydrogen-bond donors (Lipinski definition) is 0. The van der Waals surface area contributed by atoms with E-state index < -0.39 is 12.1 Å². The van der Waals surface area contributed by atoms with Gasteiger partial charge in [-0.1, -0.05) is 13.3 Å². The zero-order valence-electron chi connectivity index (χ0n) is 7.33. The number of hydrogen-bond acceptors (Lipinski definition) is 4. The van der Waals surface area contributed by atoms with E-state index in [1.807, 2.05) is 6.92 Å². The van der Waals surface area contributed by atoms with Crippen molar-refractivity contribution in [2.45, 2.75) is 32.8 Å². The van der Waals surface area contributed by atoms with Crippen LogP contribution in [0.1, 0.15) is 26.7 Å². The summed E-state index contributed by atoms with van der Waals surface area (Å²) < 4.78 is 9.08. The zero-order valence-corrected chi connectivity index (χ0v) is 7.33. The average molecular weight is 173 g/mol. The number of esters is 1. The third kappa shape index (κ3) is 3.95. The van der Waals surface area contributed by atoms with Gasteiger partial charge < -0.3 is 9.47 Å². The van der Waals surface area contributed by atoms with E-state index >= 15 is 0 Å². The SMILES string of the molecule is CCCC(O[C]=O)C(=O)OCC. The molecule has 4 nitrogen and oxygen atoms in total. The van der Waals surface area contributed by atoms with Crippen LogP contribution < -0.4 is 0 Å². The van der Waals surface area contributed by atoms with Crippen molar-refractivity contribution in [1.29, 1.82) is 0 Å². The Hall–Kier alpha value is -1.06. The molecule has 1 unspecified atom stereocenters. The van der Waals surface area contributed by atoms with Crippen LogP contribution in [0.3, 0.4) is 0 Å². The lowest BCUT2D eigenvalue weighted by atomic mass is 10.2. The molecule has 0 aliphatic carbocycles. The zero-order chi connectivity index (χ0) is 9.40. The highest BCUT2D eigenvalue weighted by Crippen LogP contribution is 2.02. The predicted molar refractivity (Wildman–Crippen MR) is 42.1 cm³/mol. The van der Waals surface area contributed by atoms with Crippen molar-refractivity contribution in [2.24, 2.45) is 0 Å². The lowest BCUT2D eigenvalue weighted by Gasteiger charge is -2.11. The summed E-state index contributed by atoms with van der Waals surface area (Å²) in [5.41, 5.74) is 0. The van der Waals surface area contributed by atoms with Crippen molar-refractivity contribution in [3.63, 3.8) is 0 Å². The fraction of sp³-hybridized carbons (Fsp3) is 0.750. The molecule has 1 radical (unpaired) electrons. The van der Waals surface area contributed by atoms with Gasteiger partial charge in [0.1, 0.15) is 0 Å². The Labute approximate surface area is 71.8 Å². The van der Waals surface area contributed by atoms with Crippen molar-refractivity contribution >= 4 is 12.4 Å². The van der Waals surface area contributed by atoms with E-state index in [0.717, 1.165) is 6.42 Å². The molecule has 0 aromatic rings. The molecule has 0 amide bonds. The largest absolute Gasteiger partial charge is 0.463 e. The van der Waals surface area contributed by atoms with Crippen LogP contribution >= 0.6 is 0 Å². The van der Waals surface area contributed by atoms with Crippen LogP contribution in [-0.2, 0) is 19.1 Å². The summed E-state index contributed by atoms with van der Waals surface area (Å²) in [6, 6.07) is 0. The molecule has 0 aliphatic rings. The first-order valence-corrected chi connectivity index (χ1v) is 3.95. The summed E-state index contributed by atoms with van der Waals surface area (Å²) in [4.78, 5) is 20.8. The van der Waals surface area contributed by atoms with Gasteiger partial charge in [0.15, 0.2) is 6.10 Å². The van der Waals surface area contributed by atoms with E-state index in [0.29, 0.717) is 13.0 Å². The van der Waals surface area contributed by atoms with E-state index in [4.69, 9.17) is 0 Å². The smallest absolute Gasteiger partial charge is 0.418 e. The third-order valence-electron chi connectivity index (χ3n) is 1.29. The Bertz CT molecular complexity index is 144. The van der Waals surface area contributed by atoms with Crippen LogP contribution in [0.15, 0.2) is 0 Å². The number of carbonyl (C=O) groups excluding carboxylic acids is 2. The molecule has 0 fully saturated rings. The molecule has 4 heteroatoms. The molecular formula is C8H13O4. The highest BCUT2D eigenvalue weighted by atomic mass is 16.6. The number of carbonyl (C=O) groups is 1. The molecule has 0 aromatic heterocycles. The summed E-state index contributed by atoms with van der Waals surface area (Å²) in [5.74, 6) is -0.497. The van der Waals surface area contributed by atoms with Gasteiger partial charge in [-0.3, -0.25) is 0 Å². The molecule has 69 valence electrons. The minimum Gasteiger partial charge on any atom is -0.463 e. The second-order valence-electron chi connectivity index (χ2n) is 2.23. The van der Waals surface area contributed by atoms with Crippen molar-refractivity contribution < 1.29 is 19.1 Å². The third-order valence-corrected chi connectivity index (χ3v) is 1.29. The molecule has 0 saturated heterocycles. The van der Waals surface area contributed by atoms with E-state index in [1.54, 1.807) is 6.92 Å². The second kappa shape index (κ2) is 6.64. The highest BCUT2D eigenvalue weighted by Gasteiger charge is 2.19. The summed E-state index contributed by atoms with van der Waals surface area (Å²) in [6.45, 7) is 5.12. The average Bonchev–Trinajstić information content (AvgIpc) is 2.04. The number of rotatable bonds is 6. The van der Waals surface area contributed by atoms with Crippen molar-refractivity contribution in [3.8, 4) is 0 Å². The molecule has 1 atom stereocenters. The molecule has 12 heavy (non-hydrogen) atoms. The lowest BCUT2D eigenvalue weighted by Crippen LogP contribution is -2.26. The molecule has 0 spiro atoms. The van der Waals surface area contributed by atoms with Crippen LogP contribution in [0, 0.1) is 0 Å². The van der Waals surface area contributed by atoms with Gasteiger partial charge in [-0.15, -0.1) is 0 Å².